The van der Waals surface area contributed by atoms with Crippen LogP contribution in [0.4, 0.5) is 5.69 Å². The Balaban J connectivity index is 1.82. The Bertz CT molecular complexity index is 804. The molecule has 1 aliphatic rings. The summed E-state index contributed by atoms with van der Waals surface area (Å²) in [5.41, 5.74) is 2.78. The van der Waals surface area contributed by atoms with Crippen LogP contribution in [0.3, 0.4) is 0 Å². The number of thioether (sulfide) groups is 1. The van der Waals surface area contributed by atoms with E-state index in [1.54, 1.807) is 11.8 Å². The first-order valence-electron chi connectivity index (χ1n) is 6.28. The third kappa shape index (κ3) is 2.03. The zero-order chi connectivity index (χ0) is 13.5. The van der Waals surface area contributed by atoms with Gasteiger partial charge in [-0.2, -0.15) is 0 Å². The third-order valence-corrected chi connectivity index (χ3v) is 4.56. The molecular weight excluding hydrogens is 290 g/mol. The molecular formula is C16H10ClNOS. The van der Waals surface area contributed by atoms with E-state index in [2.05, 4.69) is 4.99 Å². The number of hydrogen-bond donors (Lipinski definition) is 0. The van der Waals surface area contributed by atoms with E-state index < -0.39 is 0 Å². The summed E-state index contributed by atoms with van der Waals surface area (Å²) >= 11 is 7.79. The van der Waals surface area contributed by atoms with Gasteiger partial charge >= 0.3 is 0 Å². The second-order valence-electron chi connectivity index (χ2n) is 4.61. The van der Waals surface area contributed by atoms with E-state index in [0.717, 1.165) is 38.8 Å². The summed E-state index contributed by atoms with van der Waals surface area (Å²) in [6.45, 7) is 0. The molecule has 0 unspecified atom stereocenters. The van der Waals surface area contributed by atoms with E-state index in [4.69, 9.17) is 16.0 Å². The summed E-state index contributed by atoms with van der Waals surface area (Å²) in [5.74, 6) is 1.65. The van der Waals surface area contributed by atoms with E-state index in [9.17, 15) is 0 Å². The first kappa shape index (κ1) is 12.1. The highest BCUT2D eigenvalue weighted by Crippen LogP contribution is 2.37. The van der Waals surface area contributed by atoms with Crippen molar-refractivity contribution in [1.82, 2.24) is 0 Å². The number of aliphatic imine (C=N–C) groups is 1. The first-order chi connectivity index (χ1) is 9.79. The van der Waals surface area contributed by atoms with Crippen molar-refractivity contribution < 1.29 is 4.42 Å². The van der Waals surface area contributed by atoms with Crippen molar-refractivity contribution >= 4 is 45.7 Å². The number of benzene rings is 2. The average molecular weight is 300 g/mol. The van der Waals surface area contributed by atoms with E-state index in [0.29, 0.717) is 5.02 Å². The van der Waals surface area contributed by atoms with Crippen molar-refractivity contribution in [3.63, 3.8) is 0 Å². The fourth-order valence-corrected chi connectivity index (χ4v) is 3.36. The van der Waals surface area contributed by atoms with E-state index in [1.165, 1.54) is 0 Å². The van der Waals surface area contributed by atoms with Gasteiger partial charge < -0.3 is 4.42 Å². The minimum atomic E-state index is 0.707. The van der Waals surface area contributed by atoms with Crippen LogP contribution < -0.4 is 0 Å². The van der Waals surface area contributed by atoms with Crippen LogP contribution in [0.25, 0.3) is 11.0 Å². The van der Waals surface area contributed by atoms with Crippen molar-refractivity contribution in [3.05, 3.63) is 59.3 Å². The van der Waals surface area contributed by atoms with E-state index >= 15 is 0 Å². The zero-order valence-electron chi connectivity index (χ0n) is 10.5. The molecule has 0 atom stereocenters. The molecule has 2 heterocycles. The third-order valence-electron chi connectivity index (χ3n) is 3.25. The van der Waals surface area contributed by atoms with Gasteiger partial charge in [-0.1, -0.05) is 29.8 Å². The van der Waals surface area contributed by atoms with E-state index in [1.807, 2.05) is 48.5 Å². The van der Waals surface area contributed by atoms with Gasteiger partial charge in [-0.25, -0.2) is 4.99 Å². The molecule has 0 N–H and O–H groups in total. The van der Waals surface area contributed by atoms with Crippen molar-refractivity contribution in [1.29, 1.82) is 0 Å². The Morgan fingerprint density at radius 2 is 2.00 bits per heavy atom. The molecule has 98 valence electrons. The van der Waals surface area contributed by atoms with Crippen LogP contribution in [0.15, 0.2) is 62.8 Å². The van der Waals surface area contributed by atoms with Gasteiger partial charge in [-0.3, -0.25) is 0 Å². The Hall–Kier alpha value is -1.71. The number of nitrogens with zero attached hydrogens (tertiary/aromatic N) is 1. The molecule has 0 saturated carbocycles. The molecule has 4 heteroatoms. The highest BCUT2D eigenvalue weighted by molar-refractivity contribution is 8.00. The summed E-state index contributed by atoms with van der Waals surface area (Å²) in [6, 6.07) is 15.9. The quantitative estimate of drug-likeness (QED) is 0.608. The van der Waals surface area contributed by atoms with Crippen molar-refractivity contribution in [3.8, 4) is 0 Å². The number of hydrogen-bond acceptors (Lipinski definition) is 3. The highest BCUT2D eigenvalue weighted by atomic mass is 35.5. The number of fused-ring (bicyclic) bond motifs is 2. The van der Waals surface area contributed by atoms with Gasteiger partial charge in [0, 0.05) is 21.1 Å². The maximum Gasteiger partial charge on any atom is 0.150 e. The molecule has 0 saturated heterocycles. The van der Waals surface area contributed by atoms with Gasteiger partial charge in [0.1, 0.15) is 5.58 Å². The van der Waals surface area contributed by atoms with Crippen LogP contribution >= 0.6 is 23.4 Å². The van der Waals surface area contributed by atoms with Crippen LogP contribution in [0.5, 0.6) is 0 Å². The van der Waals surface area contributed by atoms with Crippen LogP contribution in [0, 0.1) is 0 Å². The summed E-state index contributed by atoms with van der Waals surface area (Å²) < 4.78 is 5.88. The molecule has 0 aliphatic carbocycles. The lowest BCUT2D eigenvalue weighted by molar-refractivity contribution is 0.604. The van der Waals surface area contributed by atoms with Gasteiger partial charge in [-0.15, -0.1) is 11.8 Å². The number of halogens is 1. The molecule has 20 heavy (non-hydrogen) atoms. The van der Waals surface area contributed by atoms with Crippen LogP contribution in [0.2, 0.25) is 5.02 Å². The molecule has 3 aromatic rings. The average Bonchev–Trinajstić information content (AvgIpc) is 2.90. The Morgan fingerprint density at radius 1 is 1.10 bits per heavy atom. The maximum atomic E-state index is 6.03. The SMILES string of the molecule is Clc1ccc2c(c1)N=C(c1cc3ccccc3o1)CS2. The summed E-state index contributed by atoms with van der Waals surface area (Å²) in [5, 5.41) is 1.81. The molecule has 1 aromatic heterocycles. The van der Waals surface area contributed by atoms with Crippen LogP contribution in [-0.4, -0.2) is 11.5 Å². The summed E-state index contributed by atoms with van der Waals surface area (Å²) in [6.07, 6.45) is 0. The van der Waals surface area contributed by atoms with Crippen LogP contribution in [-0.2, 0) is 0 Å². The van der Waals surface area contributed by atoms with Crippen molar-refractivity contribution in [2.75, 3.05) is 5.75 Å². The predicted octanol–water partition coefficient (Wildman–Crippen LogP) is 5.31. The molecule has 0 bridgehead atoms. The van der Waals surface area contributed by atoms with Gasteiger partial charge in [0.25, 0.3) is 0 Å². The molecule has 0 amide bonds. The summed E-state index contributed by atoms with van der Waals surface area (Å²) in [7, 11) is 0. The lowest BCUT2D eigenvalue weighted by Gasteiger charge is -2.13. The first-order valence-corrected chi connectivity index (χ1v) is 7.65. The second-order valence-corrected chi connectivity index (χ2v) is 6.06. The Kier molecular flexibility index (Phi) is 2.83. The van der Waals surface area contributed by atoms with E-state index in [-0.39, 0.29) is 0 Å². The number of furan rings is 1. The molecule has 0 radical (unpaired) electrons. The lowest BCUT2D eigenvalue weighted by atomic mass is 10.2. The highest BCUT2D eigenvalue weighted by Gasteiger charge is 2.17. The molecule has 0 fully saturated rings. The standard InChI is InChI=1S/C16H10ClNOS/c17-11-5-6-16-12(8-11)18-13(9-20-16)15-7-10-3-1-2-4-14(10)19-15/h1-8H,9H2. The van der Waals surface area contributed by atoms with Gasteiger partial charge in [-0.05, 0) is 30.3 Å². The normalized spacial score (nSPS) is 14.2. The van der Waals surface area contributed by atoms with Crippen molar-refractivity contribution in [2.24, 2.45) is 4.99 Å². The maximum absolute atomic E-state index is 6.03. The topological polar surface area (TPSA) is 25.5 Å². The lowest BCUT2D eigenvalue weighted by Crippen LogP contribution is -2.06. The smallest absolute Gasteiger partial charge is 0.150 e. The fourth-order valence-electron chi connectivity index (χ4n) is 2.27. The fraction of sp³-hybridized carbons (Fsp3) is 0.0625. The molecule has 0 spiro atoms. The van der Waals surface area contributed by atoms with Gasteiger partial charge in [0.05, 0.1) is 11.4 Å². The molecule has 4 rings (SSSR count). The largest absolute Gasteiger partial charge is 0.455 e. The second kappa shape index (κ2) is 4.69. The van der Waals surface area contributed by atoms with Gasteiger partial charge in [0.15, 0.2) is 5.76 Å². The predicted molar refractivity (Wildman–Crippen MR) is 84.6 cm³/mol. The molecule has 1 aliphatic heterocycles. The van der Waals surface area contributed by atoms with Crippen molar-refractivity contribution in [2.45, 2.75) is 4.90 Å². The number of para-hydroxylation sites is 1. The number of rotatable bonds is 1. The summed E-state index contributed by atoms with van der Waals surface area (Å²) in [4.78, 5) is 5.85. The monoisotopic (exact) mass is 299 g/mol. The zero-order valence-corrected chi connectivity index (χ0v) is 12.0. The molecule has 2 nitrogen and oxygen atoms in total. The van der Waals surface area contributed by atoms with Gasteiger partial charge in [0.2, 0.25) is 0 Å². The molecule has 2 aromatic carbocycles. The Labute approximate surface area is 125 Å². The Morgan fingerprint density at radius 3 is 2.90 bits per heavy atom. The minimum absolute atomic E-state index is 0.707. The minimum Gasteiger partial charge on any atom is -0.455 e. The van der Waals surface area contributed by atoms with Crippen LogP contribution in [0.1, 0.15) is 5.76 Å².